The summed E-state index contributed by atoms with van der Waals surface area (Å²) in [5.41, 5.74) is 7.72. The number of nitrogens with zero attached hydrogens (tertiary/aromatic N) is 7. The number of thiocarbonyl (C=S) groups is 1. The second kappa shape index (κ2) is 29.4. The number of nitrogens with one attached hydrogen (secondary N) is 6. The molecule has 74 heavy (non-hydrogen) atoms. The van der Waals surface area contributed by atoms with E-state index in [0.29, 0.717) is 17.1 Å². The van der Waals surface area contributed by atoms with E-state index in [1.165, 1.54) is 18.3 Å². The van der Waals surface area contributed by atoms with Gasteiger partial charge < -0.3 is 57.9 Å². The number of anilines is 3. The molecule has 1 saturated heterocycles. The maximum Gasteiger partial charge on any atom is 3.00 e. The van der Waals surface area contributed by atoms with Gasteiger partial charge in [0.05, 0.1) is 44.6 Å². The number of carbonyl (C=O) groups excluding carboxylic acids is 2. The fraction of sp³-hybridized carbons (Fsp3) is 0.422. The van der Waals surface area contributed by atoms with Crippen molar-refractivity contribution in [2.75, 3.05) is 101 Å². The van der Waals surface area contributed by atoms with Crippen molar-refractivity contribution >= 4 is 107 Å². The molecule has 2 amide bonds. The zero-order chi connectivity index (χ0) is 53.0. The molecule has 0 radical (unpaired) electrons. The van der Waals surface area contributed by atoms with Crippen LogP contribution in [0.3, 0.4) is 0 Å². The fourth-order valence-corrected chi connectivity index (χ4v) is 7.98. The Kier molecular flexibility index (Phi) is 23.6. The molecule has 27 nitrogen and oxygen atoms in total. The second-order valence-electron chi connectivity index (χ2n) is 16.9. The van der Waals surface area contributed by atoms with Crippen molar-refractivity contribution in [1.82, 2.24) is 55.5 Å². The number of carbonyl (C=O) groups is 7. The van der Waals surface area contributed by atoms with Crippen LogP contribution in [0.15, 0.2) is 59.5 Å². The summed E-state index contributed by atoms with van der Waals surface area (Å²) in [6.07, 6.45) is 1.33. The third-order valence-electron chi connectivity index (χ3n) is 11.4. The molecule has 13 N–H and O–H groups in total. The van der Waals surface area contributed by atoms with Crippen LogP contribution in [0, 0.1) is 0 Å². The Morgan fingerprint density at radius 2 is 1.31 bits per heavy atom. The minimum Gasteiger partial charge on any atom is -0.480 e. The van der Waals surface area contributed by atoms with Crippen LogP contribution in [0.2, 0.25) is 0 Å². The molecule has 1 aliphatic heterocycles. The van der Waals surface area contributed by atoms with Crippen LogP contribution in [-0.4, -0.2) is 229 Å². The molecule has 2 unspecified atom stereocenters. The smallest absolute Gasteiger partial charge is 0.480 e. The Bertz CT molecular complexity index is 2670. The van der Waals surface area contributed by atoms with Crippen LogP contribution in [0.25, 0.3) is 11.2 Å². The predicted molar refractivity (Wildman–Crippen MR) is 273 cm³/mol. The Hall–Kier alpha value is -7.28. The van der Waals surface area contributed by atoms with Crippen molar-refractivity contribution in [2.45, 2.75) is 37.9 Å². The molecule has 1 aliphatic rings. The number of amides is 2. The number of fused-ring (bicyclic) bond motifs is 1. The van der Waals surface area contributed by atoms with Gasteiger partial charge in [0.25, 0.3) is 11.5 Å². The van der Waals surface area contributed by atoms with E-state index in [1.54, 1.807) is 56.0 Å². The number of aliphatic carboxylic acids is 5. The van der Waals surface area contributed by atoms with E-state index in [1.807, 2.05) is 0 Å². The molecular weight excluding hydrogens is 1040 g/mol. The summed E-state index contributed by atoms with van der Waals surface area (Å²) in [5.74, 6) is -6.95. The van der Waals surface area contributed by atoms with Crippen molar-refractivity contribution in [1.29, 1.82) is 0 Å². The number of aromatic amines is 1. The van der Waals surface area contributed by atoms with Crippen LogP contribution in [-0.2, 0) is 41.7 Å². The van der Waals surface area contributed by atoms with Gasteiger partial charge in [-0.2, -0.15) is 4.98 Å². The summed E-state index contributed by atoms with van der Waals surface area (Å²) >= 11 is 5.42. The Labute approximate surface area is 441 Å². The predicted octanol–water partition coefficient (Wildman–Crippen LogP) is -1.94. The standard InChI is InChI=1S/C45H58N14O13S.Ga/c46-44-54-40-39(42(70)55-44)51-31(21-50-40)20-49-29-7-3-28(4-8-29)41(69)53-33(43(71)72)9-10-34(60)47-11-12-48-45(73)52-30-5-1-27(2-6-30)19-32-22-58(25-37(65)66)16-15-56(23-35(61)62)13-14-57(24-36(63)64)17-18-59(32)26-38(67)68;/h1-8,21,32-33,49H,9-20,22-26H2,(H,47,60)(H,53,69)(H,61,62)(H,63,64)(H,65,66)(H,67,68)(H,71,72)(H2,48,52,73)(H3,46,50,54,55,70);/q;+3/i;1-3. The number of rotatable bonds is 23. The first kappa shape index (κ1) is 59.3. The number of hydrogen-bond donors (Lipinski definition) is 12. The Balaban J connectivity index is 0.0000119. The molecule has 392 valence electrons. The summed E-state index contributed by atoms with van der Waals surface area (Å²) in [6.45, 7) is 0.201. The van der Waals surface area contributed by atoms with Crippen molar-refractivity contribution in [3.63, 3.8) is 0 Å². The van der Waals surface area contributed by atoms with Gasteiger partial charge in [-0.3, -0.25) is 58.1 Å². The fourth-order valence-electron chi connectivity index (χ4n) is 7.76. The van der Waals surface area contributed by atoms with Gasteiger partial charge in [-0.15, -0.1) is 0 Å². The molecule has 4 aromatic rings. The van der Waals surface area contributed by atoms with E-state index in [2.05, 4.69) is 46.5 Å². The third kappa shape index (κ3) is 20.3. The maximum absolute atomic E-state index is 12.9. The summed E-state index contributed by atoms with van der Waals surface area (Å²) in [4.78, 5) is 118. The van der Waals surface area contributed by atoms with Gasteiger partial charge >= 0.3 is 49.6 Å². The van der Waals surface area contributed by atoms with Gasteiger partial charge in [-0.1, -0.05) is 12.1 Å². The van der Waals surface area contributed by atoms with E-state index >= 15 is 0 Å². The number of carboxylic acids is 5. The molecule has 0 bridgehead atoms. The average molecular weight is 1100 g/mol. The molecule has 29 heteroatoms. The number of aromatic nitrogens is 4. The summed E-state index contributed by atoms with van der Waals surface area (Å²) in [6, 6.07) is 11.3. The molecule has 2 aromatic heterocycles. The van der Waals surface area contributed by atoms with Gasteiger partial charge in [0, 0.05) is 88.3 Å². The van der Waals surface area contributed by atoms with Gasteiger partial charge in [0.15, 0.2) is 16.3 Å². The molecule has 5 rings (SSSR count). The number of nitrogen functional groups attached to an aromatic ring is 1. The Morgan fingerprint density at radius 1 is 0.743 bits per heavy atom. The minimum absolute atomic E-state index is 0. The maximum atomic E-state index is 12.9. The van der Waals surface area contributed by atoms with Crippen molar-refractivity contribution in [2.24, 2.45) is 0 Å². The van der Waals surface area contributed by atoms with E-state index < -0.39 is 65.8 Å². The van der Waals surface area contributed by atoms with Crippen LogP contribution < -0.4 is 37.9 Å². The zero-order valence-electron chi connectivity index (χ0n) is 40.1. The molecule has 2 aromatic carbocycles. The number of hydrogen-bond acceptors (Lipinski definition) is 18. The minimum atomic E-state index is -1.36. The molecule has 0 spiro atoms. The van der Waals surface area contributed by atoms with Crippen LogP contribution in [0.5, 0.6) is 0 Å². The van der Waals surface area contributed by atoms with E-state index in [4.69, 9.17) is 18.0 Å². The topological polar surface area (TPSA) is 391 Å². The quantitative estimate of drug-likeness (QED) is 0.0218. The third-order valence-corrected chi connectivity index (χ3v) is 11.6. The number of benzene rings is 2. The van der Waals surface area contributed by atoms with Crippen molar-refractivity contribution in [3.05, 3.63) is 81.9 Å². The number of carboxylic acid groups (broad SMARTS) is 5. The van der Waals surface area contributed by atoms with E-state index in [9.17, 15) is 63.9 Å². The largest absolute Gasteiger partial charge is 3.00 e. The molecule has 0 saturated carbocycles. The summed E-state index contributed by atoms with van der Waals surface area (Å²) in [5, 5.41) is 62.9. The average Bonchev–Trinajstić information content (AvgIpc) is 3.32. The normalized spacial score (nSPS) is 15.5. The summed E-state index contributed by atoms with van der Waals surface area (Å²) in [7, 11) is 0. The van der Waals surface area contributed by atoms with Gasteiger partial charge in [0.1, 0.15) is 6.04 Å². The number of H-pyrrole nitrogens is 1. The van der Waals surface area contributed by atoms with Gasteiger partial charge in [-0.05, 0) is 67.0 Å². The van der Waals surface area contributed by atoms with Gasteiger partial charge in [-0.25, -0.2) is 14.8 Å². The van der Waals surface area contributed by atoms with Crippen LogP contribution >= 0.6 is 12.2 Å². The zero-order valence-corrected chi connectivity index (χ0v) is 43.3. The molecule has 0 aliphatic carbocycles. The first-order valence-corrected chi connectivity index (χ1v) is 23.3. The monoisotopic (exact) mass is 1100 g/mol. The van der Waals surface area contributed by atoms with Crippen molar-refractivity contribution < 1.29 is 59.1 Å². The number of nitrogens with two attached hydrogens (primary N) is 1. The first-order valence-electron chi connectivity index (χ1n) is 22.9. The molecule has 3 heterocycles. The first-order chi connectivity index (χ1) is 34.8. The van der Waals surface area contributed by atoms with Crippen molar-refractivity contribution in [3.8, 4) is 0 Å². The van der Waals surface area contributed by atoms with E-state index in [-0.39, 0.29) is 152 Å². The van der Waals surface area contributed by atoms with E-state index in [0.717, 1.165) is 5.56 Å². The summed E-state index contributed by atoms with van der Waals surface area (Å²) < 4.78 is 0. The second-order valence-corrected chi connectivity index (χ2v) is 17.3. The SMILES string of the molecule is Nc1nc2ncc(CNc3ccc(C(=O)NC(CCC(=O)NCCNC(=S)Nc4ccc(CC5CN(CC(=O)O)CCN(CC(=O)O)CCN(CC(=O)O)CCN5CC(=O)O)cc4)C(=O)O)cc3)nc2c(=O)[nH]1.[67Ga+3]. The molecule has 1 fully saturated rings. The van der Waals surface area contributed by atoms with Crippen LogP contribution in [0.1, 0.15) is 34.5 Å². The molecular formula is C45H58GaN14O13S+3. The molecule has 2 atom stereocenters. The Morgan fingerprint density at radius 3 is 1.92 bits per heavy atom. The van der Waals surface area contributed by atoms with Crippen LogP contribution in [0.4, 0.5) is 17.3 Å². The van der Waals surface area contributed by atoms with Gasteiger partial charge in [0.2, 0.25) is 11.9 Å².